The summed E-state index contributed by atoms with van der Waals surface area (Å²) in [6, 6.07) is 0. The van der Waals surface area contributed by atoms with Gasteiger partial charge in [-0.25, -0.2) is 0 Å². The smallest absolute Gasteiger partial charge is 0.209 e. The summed E-state index contributed by atoms with van der Waals surface area (Å²) in [5, 5.41) is 0. The average Bonchev–Trinajstić information content (AvgIpc) is 1.99. The van der Waals surface area contributed by atoms with Crippen molar-refractivity contribution >= 4 is 6.41 Å². The highest BCUT2D eigenvalue weighted by atomic mass is 16.1. The minimum absolute atomic E-state index is 0.590. The van der Waals surface area contributed by atoms with Crippen LogP contribution in [0.5, 0.6) is 0 Å². The lowest BCUT2D eigenvalue weighted by molar-refractivity contribution is -0.117. The van der Waals surface area contributed by atoms with E-state index < -0.39 is 0 Å². The summed E-state index contributed by atoms with van der Waals surface area (Å²) in [4.78, 5) is 11.9. The zero-order valence-electron chi connectivity index (χ0n) is 6.68. The van der Waals surface area contributed by atoms with Gasteiger partial charge in [0.1, 0.15) is 0 Å². The van der Waals surface area contributed by atoms with Crippen LogP contribution in [0, 0.1) is 6.92 Å². The minimum Gasteiger partial charge on any atom is -0.345 e. The molecule has 0 fully saturated rings. The maximum absolute atomic E-state index is 10.2. The summed E-state index contributed by atoms with van der Waals surface area (Å²) >= 11 is 0. The number of unbranched alkanes of at least 4 members (excludes halogenated alkanes) is 2. The molecule has 0 heterocycles. The van der Waals surface area contributed by atoms with E-state index in [4.69, 9.17) is 0 Å². The summed E-state index contributed by atoms with van der Waals surface area (Å²) in [6.45, 7) is 7.23. The lowest BCUT2D eigenvalue weighted by Crippen LogP contribution is -2.22. The van der Waals surface area contributed by atoms with Crippen molar-refractivity contribution in [2.75, 3.05) is 13.1 Å². The number of carbonyl (C=O) groups is 1. The van der Waals surface area contributed by atoms with E-state index in [2.05, 4.69) is 13.8 Å². The topological polar surface area (TPSA) is 20.3 Å². The molecule has 0 saturated heterocycles. The molecule has 0 aromatic rings. The lowest BCUT2D eigenvalue weighted by atomic mass is 10.2. The average molecular weight is 142 g/mol. The van der Waals surface area contributed by atoms with E-state index in [9.17, 15) is 4.79 Å². The Labute approximate surface area is 63.2 Å². The number of amides is 1. The van der Waals surface area contributed by atoms with Gasteiger partial charge in [0.2, 0.25) is 6.41 Å². The third-order valence-corrected chi connectivity index (χ3v) is 1.49. The van der Waals surface area contributed by atoms with Crippen LogP contribution in [-0.4, -0.2) is 24.4 Å². The third-order valence-electron chi connectivity index (χ3n) is 1.49. The Morgan fingerprint density at radius 3 is 2.60 bits per heavy atom. The second-order valence-electron chi connectivity index (χ2n) is 2.35. The first-order valence-corrected chi connectivity index (χ1v) is 3.83. The highest BCUT2D eigenvalue weighted by molar-refractivity contribution is 5.46. The van der Waals surface area contributed by atoms with Gasteiger partial charge in [0, 0.05) is 13.1 Å². The van der Waals surface area contributed by atoms with Crippen molar-refractivity contribution in [3.63, 3.8) is 0 Å². The molecule has 0 unspecified atom stereocenters. The Morgan fingerprint density at radius 1 is 1.50 bits per heavy atom. The van der Waals surface area contributed by atoms with Crippen LogP contribution in [0.1, 0.15) is 26.2 Å². The largest absolute Gasteiger partial charge is 0.345 e. The van der Waals surface area contributed by atoms with Crippen LogP contribution in [0.25, 0.3) is 0 Å². The molecule has 2 nitrogen and oxygen atoms in total. The van der Waals surface area contributed by atoms with Gasteiger partial charge in [0.25, 0.3) is 0 Å². The molecule has 59 valence electrons. The number of hydrogen-bond acceptors (Lipinski definition) is 1. The Kier molecular flexibility index (Phi) is 6.24. The van der Waals surface area contributed by atoms with Crippen molar-refractivity contribution in [3.8, 4) is 0 Å². The van der Waals surface area contributed by atoms with Crippen LogP contribution >= 0.6 is 0 Å². The monoisotopic (exact) mass is 142 g/mol. The van der Waals surface area contributed by atoms with Crippen LogP contribution in [-0.2, 0) is 4.79 Å². The Morgan fingerprint density at radius 2 is 2.20 bits per heavy atom. The standard InChI is InChI=1S/C8H16NO/c1-3-5-6-7-9(4-2)8-10/h8H,2-7H2,1H3. The summed E-state index contributed by atoms with van der Waals surface area (Å²) in [5.41, 5.74) is 0. The zero-order chi connectivity index (χ0) is 7.82. The van der Waals surface area contributed by atoms with Gasteiger partial charge < -0.3 is 4.90 Å². The fourth-order valence-corrected chi connectivity index (χ4v) is 0.782. The van der Waals surface area contributed by atoms with Gasteiger partial charge in [0.05, 0.1) is 0 Å². The fourth-order valence-electron chi connectivity index (χ4n) is 0.782. The molecule has 0 aromatic carbocycles. The van der Waals surface area contributed by atoms with Crippen LogP contribution in [0.15, 0.2) is 0 Å². The molecule has 0 aliphatic heterocycles. The number of carbonyl (C=O) groups excluding carboxylic acids is 1. The van der Waals surface area contributed by atoms with Crippen molar-refractivity contribution < 1.29 is 4.79 Å². The highest BCUT2D eigenvalue weighted by Gasteiger charge is 1.94. The normalized spacial score (nSPS) is 9.40. The van der Waals surface area contributed by atoms with Gasteiger partial charge in [-0.3, -0.25) is 4.79 Å². The quantitative estimate of drug-likeness (QED) is 0.406. The van der Waals surface area contributed by atoms with E-state index in [-0.39, 0.29) is 0 Å². The van der Waals surface area contributed by atoms with Crippen LogP contribution in [0.2, 0.25) is 0 Å². The molecule has 10 heavy (non-hydrogen) atoms. The van der Waals surface area contributed by atoms with E-state index >= 15 is 0 Å². The van der Waals surface area contributed by atoms with Crippen LogP contribution in [0.3, 0.4) is 0 Å². The van der Waals surface area contributed by atoms with Crippen molar-refractivity contribution in [2.24, 2.45) is 0 Å². The SMILES string of the molecule is [CH2]CN(C=O)CCCCC. The molecule has 0 saturated carbocycles. The summed E-state index contributed by atoms with van der Waals surface area (Å²) < 4.78 is 0. The molecule has 1 amide bonds. The molecule has 0 bridgehead atoms. The number of nitrogens with zero attached hydrogens (tertiary/aromatic N) is 1. The Hall–Kier alpha value is -0.530. The van der Waals surface area contributed by atoms with Crippen LogP contribution in [0.4, 0.5) is 0 Å². The van der Waals surface area contributed by atoms with Crippen molar-refractivity contribution in [1.29, 1.82) is 0 Å². The van der Waals surface area contributed by atoms with Crippen LogP contribution < -0.4 is 0 Å². The molecule has 0 rings (SSSR count). The zero-order valence-corrected chi connectivity index (χ0v) is 6.68. The second kappa shape index (κ2) is 6.59. The molecule has 1 radical (unpaired) electrons. The Bertz CT molecular complexity index is 83.3. The number of hydrogen-bond donors (Lipinski definition) is 0. The van der Waals surface area contributed by atoms with Gasteiger partial charge in [-0.1, -0.05) is 19.8 Å². The van der Waals surface area contributed by atoms with Crippen molar-refractivity contribution in [1.82, 2.24) is 4.90 Å². The molecule has 0 aromatic heterocycles. The highest BCUT2D eigenvalue weighted by Crippen LogP contribution is 1.95. The molecule has 0 atom stereocenters. The molecule has 2 heteroatoms. The van der Waals surface area contributed by atoms with E-state index in [1.54, 1.807) is 4.90 Å². The van der Waals surface area contributed by atoms with Gasteiger partial charge >= 0.3 is 0 Å². The maximum Gasteiger partial charge on any atom is 0.209 e. The molecular weight excluding hydrogens is 126 g/mol. The van der Waals surface area contributed by atoms with E-state index in [0.717, 1.165) is 19.4 Å². The van der Waals surface area contributed by atoms with E-state index in [0.29, 0.717) is 6.54 Å². The minimum atomic E-state index is 0.590. The molecule has 0 aliphatic carbocycles. The molecule has 0 N–H and O–H groups in total. The first-order chi connectivity index (χ1) is 4.85. The second-order valence-corrected chi connectivity index (χ2v) is 2.35. The summed E-state index contributed by atoms with van der Waals surface area (Å²) in [5.74, 6) is 0. The maximum atomic E-state index is 10.2. The number of rotatable bonds is 6. The van der Waals surface area contributed by atoms with Crippen molar-refractivity contribution in [3.05, 3.63) is 6.92 Å². The predicted octanol–water partition coefficient (Wildman–Crippen LogP) is 1.47. The lowest BCUT2D eigenvalue weighted by Gasteiger charge is -2.13. The predicted molar refractivity (Wildman–Crippen MR) is 42.5 cm³/mol. The Balaban J connectivity index is 3.17. The van der Waals surface area contributed by atoms with E-state index in [1.807, 2.05) is 0 Å². The third kappa shape index (κ3) is 4.36. The van der Waals surface area contributed by atoms with Gasteiger partial charge in [-0.05, 0) is 13.3 Å². The molecular formula is C8H16NO. The van der Waals surface area contributed by atoms with Gasteiger partial charge in [-0.15, -0.1) is 0 Å². The summed E-state index contributed by atoms with van der Waals surface area (Å²) in [7, 11) is 0. The fraction of sp³-hybridized carbons (Fsp3) is 0.750. The summed E-state index contributed by atoms with van der Waals surface area (Å²) in [6.07, 6.45) is 4.36. The van der Waals surface area contributed by atoms with Crippen molar-refractivity contribution in [2.45, 2.75) is 26.2 Å². The molecule has 0 spiro atoms. The van der Waals surface area contributed by atoms with E-state index in [1.165, 1.54) is 12.8 Å². The van der Waals surface area contributed by atoms with Gasteiger partial charge in [-0.2, -0.15) is 0 Å². The van der Waals surface area contributed by atoms with Gasteiger partial charge in [0.15, 0.2) is 0 Å². The molecule has 0 aliphatic rings. The first-order valence-electron chi connectivity index (χ1n) is 3.83. The first kappa shape index (κ1) is 9.47.